The number of hydrogen-bond donors (Lipinski definition) is 0. The smallest absolute Gasteiger partial charge is 0.242 e. The molecule has 0 bridgehead atoms. The summed E-state index contributed by atoms with van der Waals surface area (Å²) in [6, 6.07) is 11.0. The fourth-order valence-corrected chi connectivity index (χ4v) is 4.14. The molecule has 5 nitrogen and oxygen atoms in total. The van der Waals surface area contributed by atoms with Crippen LogP contribution in [0.4, 0.5) is 0 Å². The molecule has 0 aliphatic carbocycles. The van der Waals surface area contributed by atoms with Crippen LogP contribution in [-0.2, 0) is 16.4 Å². The van der Waals surface area contributed by atoms with Crippen LogP contribution < -0.4 is 9.47 Å². The molecule has 6 heteroatoms. The van der Waals surface area contributed by atoms with Crippen LogP contribution in [0.15, 0.2) is 41.3 Å². The Balaban J connectivity index is 1.64. The summed E-state index contributed by atoms with van der Waals surface area (Å²) in [5.41, 5.74) is 3.19. The summed E-state index contributed by atoms with van der Waals surface area (Å²) in [5, 5.41) is 0. The van der Waals surface area contributed by atoms with Crippen molar-refractivity contribution in [2.75, 3.05) is 26.8 Å². The van der Waals surface area contributed by atoms with Gasteiger partial charge in [0.05, 0.1) is 11.5 Å². The molecular weight excluding hydrogens is 338 g/mol. The van der Waals surface area contributed by atoms with Crippen LogP contribution >= 0.6 is 0 Å². The van der Waals surface area contributed by atoms with Gasteiger partial charge >= 0.3 is 0 Å². The first-order valence-corrected chi connectivity index (χ1v) is 9.73. The number of fused-ring (bicyclic) bond motifs is 1. The lowest BCUT2D eigenvalue weighted by Gasteiger charge is -2.18. The average molecular weight is 361 g/mol. The van der Waals surface area contributed by atoms with E-state index in [0.29, 0.717) is 18.1 Å². The van der Waals surface area contributed by atoms with Gasteiger partial charge in [-0.3, -0.25) is 0 Å². The van der Waals surface area contributed by atoms with Gasteiger partial charge in [0, 0.05) is 20.0 Å². The Morgan fingerprint density at radius 3 is 2.56 bits per heavy atom. The van der Waals surface area contributed by atoms with E-state index in [-0.39, 0.29) is 6.54 Å². The lowest BCUT2D eigenvalue weighted by Crippen LogP contribution is -2.31. The summed E-state index contributed by atoms with van der Waals surface area (Å²) >= 11 is 0. The minimum Gasteiger partial charge on any atom is -0.493 e. The number of likely N-dealkylation sites (N-methyl/N-ethyl adjacent to an activating group) is 1. The minimum atomic E-state index is -3.53. The third kappa shape index (κ3) is 3.96. The molecule has 0 N–H and O–H groups in total. The molecule has 0 unspecified atom stereocenters. The molecule has 0 aromatic heterocycles. The monoisotopic (exact) mass is 361 g/mol. The van der Waals surface area contributed by atoms with E-state index in [1.54, 1.807) is 25.2 Å². The summed E-state index contributed by atoms with van der Waals surface area (Å²) in [4.78, 5) is 0.297. The SMILES string of the molecule is Cc1cc(C)cc(OCCN(C)S(=O)(=O)c2ccc3c(c2)CCO3)c1. The van der Waals surface area contributed by atoms with Gasteiger partial charge in [-0.25, -0.2) is 8.42 Å². The molecule has 2 aromatic carbocycles. The van der Waals surface area contributed by atoms with Crippen molar-refractivity contribution in [1.29, 1.82) is 0 Å². The number of aryl methyl sites for hydroxylation is 2. The highest BCUT2D eigenvalue weighted by atomic mass is 32.2. The van der Waals surface area contributed by atoms with E-state index in [0.717, 1.165) is 34.6 Å². The van der Waals surface area contributed by atoms with Crippen LogP contribution in [0, 0.1) is 13.8 Å². The van der Waals surface area contributed by atoms with Crippen molar-refractivity contribution in [1.82, 2.24) is 4.31 Å². The van der Waals surface area contributed by atoms with Crippen molar-refractivity contribution < 1.29 is 17.9 Å². The van der Waals surface area contributed by atoms with Gasteiger partial charge in [-0.05, 0) is 60.9 Å². The fourth-order valence-electron chi connectivity index (χ4n) is 2.93. The molecule has 2 aromatic rings. The largest absolute Gasteiger partial charge is 0.493 e. The van der Waals surface area contributed by atoms with Gasteiger partial charge in [0.15, 0.2) is 0 Å². The highest BCUT2D eigenvalue weighted by Crippen LogP contribution is 2.28. The Labute approximate surface area is 149 Å². The molecule has 25 heavy (non-hydrogen) atoms. The maximum Gasteiger partial charge on any atom is 0.242 e. The lowest BCUT2D eigenvalue weighted by molar-refractivity contribution is 0.286. The predicted molar refractivity (Wildman–Crippen MR) is 96.9 cm³/mol. The maximum absolute atomic E-state index is 12.7. The number of ether oxygens (including phenoxy) is 2. The van der Waals surface area contributed by atoms with Gasteiger partial charge < -0.3 is 9.47 Å². The zero-order valence-electron chi connectivity index (χ0n) is 14.8. The third-order valence-corrected chi connectivity index (χ3v) is 6.09. The lowest BCUT2D eigenvalue weighted by atomic mass is 10.1. The van der Waals surface area contributed by atoms with E-state index in [4.69, 9.17) is 9.47 Å². The predicted octanol–water partition coefficient (Wildman–Crippen LogP) is 2.94. The van der Waals surface area contributed by atoms with E-state index in [9.17, 15) is 8.42 Å². The molecule has 0 amide bonds. The van der Waals surface area contributed by atoms with E-state index in [2.05, 4.69) is 6.07 Å². The summed E-state index contributed by atoms with van der Waals surface area (Å²) in [7, 11) is -1.96. The zero-order valence-corrected chi connectivity index (χ0v) is 15.6. The summed E-state index contributed by atoms with van der Waals surface area (Å²) in [6.07, 6.45) is 0.748. The molecule has 0 spiro atoms. The molecule has 0 radical (unpaired) electrons. The molecule has 1 heterocycles. The molecule has 134 valence electrons. The molecule has 0 atom stereocenters. The first-order chi connectivity index (χ1) is 11.9. The van der Waals surface area contributed by atoms with Crippen molar-refractivity contribution in [3.8, 4) is 11.5 Å². The van der Waals surface area contributed by atoms with Crippen molar-refractivity contribution in [2.24, 2.45) is 0 Å². The van der Waals surface area contributed by atoms with Crippen LogP contribution in [0.5, 0.6) is 11.5 Å². The molecule has 0 saturated heterocycles. The van der Waals surface area contributed by atoms with Gasteiger partial charge in [0.25, 0.3) is 0 Å². The number of sulfonamides is 1. The third-order valence-electron chi connectivity index (χ3n) is 4.24. The molecular formula is C19H23NO4S. The van der Waals surface area contributed by atoms with Gasteiger partial charge in [-0.2, -0.15) is 4.31 Å². The maximum atomic E-state index is 12.7. The van der Waals surface area contributed by atoms with Crippen molar-refractivity contribution in [2.45, 2.75) is 25.2 Å². The number of benzene rings is 2. The van der Waals surface area contributed by atoms with Crippen molar-refractivity contribution in [3.05, 3.63) is 53.1 Å². The van der Waals surface area contributed by atoms with E-state index in [1.807, 2.05) is 26.0 Å². The Hall–Kier alpha value is -2.05. The van der Waals surface area contributed by atoms with E-state index >= 15 is 0 Å². The topological polar surface area (TPSA) is 55.8 Å². The summed E-state index contributed by atoms with van der Waals surface area (Å²) in [5.74, 6) is 1.54. The van der Waals surface area contributed by atoms with E-state index in [1.165, 1.54) is 4.31 Å². The van der Waals surface area contributed by atoms with Crippen LogP contribution in [0.2, 0.25) is 0 Å². The Morgan fingerprint density at radius 1 is 1.12 bits per heavy atom. The van der Waals surface area contributed by atoms with Gasteiger partial charge in [-0.1, -0.05) is 6.07 Å². The molecule has 1 aliphatic heterocycles. The second kappa shape index (κ2) is 7.06. The van der Waals surface area contributed by atoms with Gasteiger partial charge in [0.2, 0.25) is 10.0 Å². The summed E-state index contributed by atoms with van der Waals surface area (Å²) < 4.78 is 37.9. The molecule has 0 saturated carbocycles. The van der Waals surface area contributed by atoms with Crippen molar-refractivity contribution in [3.63, 3.8) is 0 Å². The number of nitrogens with zero attached hydrogens (tertiary/aromatic N) is 1. The van der Waals surface area contributed by atoms with Gasteiger partial charge in [-0.15, -0.1) is 0 Å². The highest BCUT2D eigenvalue weighted by molar-refractivity contribution is 7.89. The highest BCUT2D eigenvalue weighted by Gasteiger charge is 2.23. The molecule has 3 rings (SSSR count). The number of rotatable bonds is 6. The molecule has 1 aliphatic rings. The standard InChI is InChI=1S/C19H23NO4S/c1-14-10-15(2)12-17(11-14)23-9-7-20(3)25(21,22)18-4-5-19-16(13-18)6-8-24-19/h4-5,10-13H,6-9H2,1-3H3. The average Bonchev–Trinajstić information content (AvgIpc) is 3.01. The van der Waals surface area contributed by atoms with Gasteiger partial charge in [0.1, 0.15) is 18.1 Å². The normalized spacial score (nSPS) is 13.6. The minimum absolute atomic E-state index is 0.281. The zero-order chi connectivity index (χ0) is 18.0. The van der Waals surface area contributed by atoms with Crippen LogP contribution in [0.25, 0.3) is 0 Å². The Morgan fingerprint density at radius 2 is 1.84 bits per heavy atom. The van der Waals surface area contributed by atoms with E-state index < -0.39 is 10.0 Å². The quantitative estimate of drug-likeness (QED) is 0.794. The van der Waals surface area contributed by atoms with Crippen LogP contribution in [-0.4, -0.2) is 39.5 Å². The number of hydrogen-bond acceptors (Lipinski definition) is 4. The summed E-state index contributed by atoms with van der Waals surface area (Å²) in [6.45, 7) is 5.20. The van der Waals surface area contributed by atoms with Crippen LogP contribution in [0.3, 0.4) is 0 Å². The first-order valence-electron chi connectivity index (χ1n) is 8.29. The first kappa shape index (κ1) is 17.8. The second-order valence-electron chi connectivity index (χ2n) is 6.37. The molecule has 0 fully saturated rings. The Bertz CT molecular complexity index is 857. The van der Waals surface area contributed by atoms with Crippen LogP contribution in [0.1, 0.15) is 16.7 Å². The fraction of sp³-hybridized carbons (Fsp3) is 0.368. The van der Waals surface area contributed by atoms with Crippen molar-refractivity contribution >= 4 is 10.0 Å². The Kier molecular flexibility index (Phi) is 5.01. The second-order valence-corrected chi connectivity index (χ2v) is 8.41.